The molecule has 3 heterocycles. The molecule has 4 atom stereocenters. The van der Waals surface area contributed by atoms with Crippen molar-refractivity contribution in [1.82, 2.24) is 15.3 Å². The minimum absolute atomic E-state index is 0.0707. The molecular formula is C19H26N4O4. The fourth-order valence-electron chi connectivity index (χ4n) is 4.08. The maximum atomic E-state index is 11.8. The summed E-state index contributed by atoms with van der Waals surface area (Å²) < 4.78 is 17.1. The van der Waals surface area contributed by atoms with E-state index in [1.54, 1.807) is 6.08 Å². The van der Waals surface area contributed by atoms with Gasteiger partial charge in [-0.3, -0.25) is 0 Å². The summed E-state index contributed by atoms with van der Waals surface area (Å²) in [6, 6.07) is 1.94. The predicted molar refractivity (Wildman–Crippen MR) is 98.6 cm³/mol. The molecule has 3 fully saturated rings. The van der Waals surface area contributed by atoms with Gasteiger partial charge >= 0.3 is 6.09 Å². The van der Waals surface area contributed by atoms with Gasteiger partial charge in [0.05, 0.1) is 19.3 Å². The van der Waals surface area contributed by atoms with E-state index in [1.807, 2.05) is 12.3 Å². The molecule has 8 heteroatoms. The van der Waals surface area contributed by atoms with Crippen LogP contribution in [0, 0.1) is 0 Å². The number of anilines is 1. The summed E-state index contributed by atoms with van der Waals surface area (Å²) in [6.45, 7) is 4.70. The first-order valence-electron chi connectivity index (χ1n) is 9.62. The van der Waals surface area contributed by atoms with Gasteiger partial charge in [0.15, 0.2) is 6.10 Å². The summed E-state index contributed by atoms with van der Waals surface area (Å²) in [5, 5.41) is 5.94. The van der Waals surface area contributed by atoms with Crippen LogP contribution in [0.3, 0.4) is 0 Å². The zero-order chi connectivity index (χ0) is 18.6. The number of hydrogen-bond acceptors (Lipinski definition) is 7. The average molecular weight is 374 g/mol. The minimum Gasteiger partial charge on any atom is -0.441 e. The molecule has 3 aliphatic rings. The topological polar surface area (TPSA) is 94.6 Å². The first-order valence-corrected chi connectivity index (χ1v) is 9.62. The smallest absolute Gasteiger partial charge is 0.407 e. The molecule has 4 rings (SSSR count). The largest absolute Gasteiger partial charge is 0.441 e. The van der Waals surface area contributed by atoms with Gasteiger partial charge in [-0.2, -0.15) is 0 Å². The highest BCUT2D eigenvalue weighted by Crippen LogP contribution is 2.34. The molecule has 2 N–H and O–H groups in total. The fraction of sp³-hybridized carbons (Fsp3) is 0.632. The van der Waals surface area contributed by atoms with Crippen molar-refractivity contribution in [2.75, 3.05) is 25.1 Å². The van der Waals surface area contributed by atoms with Crippen LogP contribution >= 0.6 is 0 Å². The number of nitrogens with one attached hydrogen (secondary N) is 2. The molecule has 2 saturated heterocycles. The van der Waals surface area contributed by atoms with E-state index in [2.05, 4.69) is 22.2 Å². The van der Waals surface area contributed by atoms with Crippen molar-refractivity contribution in [2.24, 2.45) is 0 Å². The Kier molecular flexibility index (Phi) is 5.54. The highest BCUT2D eigenvalue weighted by Gasteiger charge is 2.49. The van der Waals surface area contributed by atoms with Crippen molar-refractivity contribution >= 4 is 12.0 Å². The Labute approximate surface area is 158 Å². The molecule has 1 saturated carbocycles. The zero-order valence-electron chi connectivity index (χ0n) is 15.3. The minimum atomic E-state index is -0.489. The number of alkyl carbamates (subject to hydrolysis) is 1. The number of aromatic nitrogens is 2. The van der Waals surface area contributed by atoms with Gasteiger partial charge in [0, 0.05) is 24.4 Å². The molecule has 0 spiro atoms. The number of rotatable bonds is 6. The molecule has 0 unspecified atom stereocenters. The number of amides is 1. The summed E-state index contributed by atoms with van der Waals surface area (Å²) >= 11 is 0. The van der Waals surface area contributed by atoms with Crippen molar-refractivity contribution in [3.8, 4) is 0 Å². The Balaban J connectivity index is 1.34. The molecule has 146 valence electrons. The Morgan fingerprint density at radius 2 is 2.11 bits per heavy atom. The van der Waals surface area contributed by atoms with Gasteiger partial charge in [-0.15, -0.1) is 6.58 Å². The van der Waals surface area contributed by atoms with Crippen LogP contribution in [0.1, 0.15) is 37.3 Å². The quantitative estimate of drug-likeness (QED) is 0.735. The Morgan fingerprint density at radius 1 is 1.30 bits per heavy atom. The third-order valence-corrected chi connectivity index (χ3v) is 5.42. The number of ether oxygens (including phenoxy) is 3. The molecule has 27 heavy (non-hydrogen) atoms. The molecule has 0 bridgehead atoms. The second-order valence-corrected chi connectivity index (χ2v) is 7.25. The van der Waals surface area contributed by atoms with Crippen molar-refractivity contribution in [3.63, 3.8) is 0 Å². The average Bonchev–Trinajstić information content (AvgIpc) is 3.41. The van der Waals surface area contributed by atoms with Gasteiger partial charge < -0.3 is 24.8 Å². The van der Waals surface area contributed by atoms with E-state index in [-0.39, 0.29) is 18.2 Å². The Hall–Kier alpha value is -2.19. The second-order valence-electron chi connectivity index (χ2n) is 7.25. The Morgan fingerprint density at radius 3 is 2.93 bits per heavy atom. The molecule has 1 amide bonds. The van der Waals surface area contributed by atoms with Gasteiger partial charge in [-0.1, -0.05) is 18.9 Å². The van der Waals surface area contributed by atoms with E-state index >= 15 is 0 Å². The molecule has 1 aromatic heterocycles. The lowest BCUT2D eigenvalue weighted by Gasteiger charge is -2.18. The molecule has 0 aromatic carbocycles. The van der Waals surface area contributed by atoms with E-state index in [0.29, 0.717) is 31.6 Å². The third-order valence-electron chi connectivity index (χ3n) is 5.42. The monoisotopic (exact) mass is 374 g/mol. The van der Waals surface area contributed by atoms with Crippen LogP contribution in [-0.2, 0) is 14.2 Å². The summed E-state index contributed by atoms with van der Waals surface area (Å²) in [7, 11) is 0. The van der Waals surface area contributed by atoms with Gasteiger partial charge in [0.2, 0.25) is 5.95 Å². The molecule has 0 radical (unpaired) electrons. The van der Waals surface area contributed by atoms with Crippen molar-refractivity contribution < 1.29 is 19.0 Å². The lowest BCUT2D eigenvalue weighted by atomic mass is 10.0. The van der Waals surface area contributed by atoms with Crippen LogP contribution < -0.4 is 10.6 Å². The van der Waals surface area contributed by atoms with Crippen molar-refractivity contribution in [3.05, 3.63) is 30.6 Å². The fourth-order valence-corrected chi connectivity index (χ4v) is 4.08. The lowest BCUT2D eigenvalue weighted by molar-refractivity contribution is 0.00475. The van der Waals surface area contributed by atoms with Crippen LogP contribution in [-0.4, -0.2) is 60.2 Å². The number of fused-ring (bicyclic) bond motifs is 1. The number of carbonyl (C=O) groups is 1. The Bertz CT molecular complexity index is 679. The van der Waals surface area contributed by atoms with E-state index in [4.69, 9.17) is 19.2 Å². The highest BCUT2D eigenvalue weighted by molar-refractivity contribution is 5.67. The summed E-state index contributed by atoms with van der Waals surface area (Å²) in [4.78, 5) is 20.8. The van der Waals surface area contributed by atoms with Crippen LogP contribution in [0.25, 0.3) is 0 Å². The molecule has 1 aliphatic carbocycles. The molecular weight excluding hydrogens is 348 g/mol. The highest BCUT2D eigenvalue weighted by atomic mass is 16.6. The summed E-state index contributed by atoms with van der Waals surface area (Å²) in [6.07, 6.45) is 6.96. The van der Waals surface area contributed by atoms with Gasteiger partial charge in [0.1, 0.15) is 12.2 Å². The van der Waals surface area contributed by atoms with Crippen molar-refractivity contribution in [1.29, 1.82) is 0 Å². The van der Waals surface area contributed by atoms with Gasteiger partial charge in [-0.25, -0.2) is 14.8 Å². The summed E-state index contributed by atoms with van der Waals surface area (Å²) in [5.74, 6) is 1.14. The van der Waals surface area contributed by atoms with Crippen LogP contribution in [0.2, 0.25) is 0 Å². The van der Waals surface area contributed by atoms with E-state index in [9.17, 15) is 4.79 Å². The first-order chi connectivity index (χ1) is 13.2. The molecule has 8 nitrogen and oxygen atoms in total. The maximum absolute atomic E-state index is 11.8. The number of nitrogens with zero attached hydrogens (tertiary/aromatic N) is 2. The normalized spacial score (nSPS) is 30.1. The molecule has 1 aromatic rings. The standard InChI is InChI=1S/C19H26N4O4/c1-2-8-21-19(24)27-15-11-26-16-14(10-25-17(15)16)23-18-20-9-7-13(22-18)12-5-3-4-6-12/h2,7,9,12,14-17H,1,3-6,8,10-11H2,(H,21,24)(H,20,22,23)/t14-,15+,16+,17+/m0/s1. The third kappa shape index (κ3) is 4.06. The number of hydrogen-bond donors (Lipinski definition) is 2. The van der Waals surface area contributed by atoms with Gasteiger partial charge in [-0.05, 0) is 18.9 Å². The van der Waals surface area contributed by atoms with Crippen LogP contribution in [0.4, 0.5) is 10.7 Å². The van der Waals surface area contributed by atoms with Crippen molar-refractivity contribution in [2.45, 2.75) is 56.0 Å². The van der Waals surface area contributed by atoms with E-state index in [0.717, 1.165) is 5.69 Å². The van der Waals surface area contributed by atoms with Gasteiger partial charge in [0.25, 0.3) is 0 Å². The van der Waals surface area contributed by atoms with E-state index in [1.165, 1.54) is 25.7 Å². The number of carbonyl (C=O) groups excluding carboxylic acids is 1. The zero-order valence-corrected chi connectivity index (χ0v) is 15.3. The predicted octanol–water partition coefficient (Wildman–Crippen LogP) is 1.99. The first kappa shape index (κ1) is 18.2. The molecule has 2 aliphatic heterocycles. The maximum Gasteiger partial charge on any atom is 0.407 e. The van der Waals surface area contributed by atoms with Crippen LogP contribution in [0.5, 0.6) is 0 Å². The van der Waals surface area contributed by atoms with Crippen LogP contribution in [0.15, 0.2) is 24.9 Å². The second kappa shape index (κ2) is 8.22. The summed E-state index contributed by atoms with van der Waals surface area (Å²) in [5.41, 5.74) is 1.10. The van der Waals surface area contributed by atoms with E-state index < -0.39 is 12.2 Å². The lowest BCUT2D eigenvalue weighted by Crippen LogP contribution is -2.39. The SMILES string of the molecule is C=CCNC(=O)O[C@@H]1CO[C@H]2[C@@H]1OC[C@@H]2Nc1nccc(C2CCCC2)n1.